The lowest BCUT2D eigenvalue weighted by atomic mass is 9.75. The molecule has 0 saturated heterocycles. The van der Waals surface area contributed by atoms with Gasteiger partial charge in [0.05, 0.1) is 10.5 Å². The van der Waals surface area contributed by atoms with Crippen LogP contribution < -0.4 is 5.32 Å². The zero-order valence-electron chi connectivity index (χ0n) is 13.5. The number of sulfone groups is 1. The first kappa shape index (κ1) is 16.3. The second-order valence-electron chi connectivity index (χ2n) is 7.82. The van der Waals surface area contributed by atoms with Gasteiger partial charge in [0.15, 0.2) is 9.84 Å². The Balaban J connectivity index is 2.21. The molecule has 0 heterocycles. The first-order valence-corrected chi connectivity index (χ1v) is 9.77. The molecule has 0 aromatic heterocycles. The minimum Gasteiger partial charge on any atom is -0.316 e. The lowest BCUT2D eigenvalue weighted by Crippen LogP contribution is -2.51. The highest BCUT2D eigenvalue weighted by molar-refractivity contribution is 7.92. The van der Waals surface area contributed by atoms with Crippen LogP contribution in [0.25, 0.3) is 0 Å². The fourth-order valence-corrected chi connectivity index (χ4v) is 7.12. The van der Waals surface area contributed by atoms with Crippen molar-refractivity contribution in [2.45, 2.75) is 82.3 Å². The summed E-state index contributed by atoms with van der Waals surface area (Å²) in [5, 5.41) is 2.98. The van der Waals surface area contributed by atoms with Crippen LogP contribution in [-0.2, 0) is 9.84 Å². The molecule has 2 rings (SSSR count). The number of hydrogen-bond donors (Lipinski definition) is 1. The lowest BCUT2D eigenvalue weighted by Gasteiger charge is -2.42. The highest BCUT2D eigenvalue weighted by atomic mass is 32.2. The number of hydrogen-bond acceptors (Lipinski definition) is 3. The van der Waals surface area contributed by atoms with Crippen LogP contribution in [0.2, 0.25) is 0 Å². The van der Waals surface area contributed by atoms with Gasteiger partial charge in [-0.05, 0) is 50.5 Å². The number of rotatable bonds is 3. The maximum Gasteiger partial charge on any atom is 0.157 e. The van der Waals surface area contributed by atoms with Crippen LogP contribution in [0.4, 0.5) is 0 Å². The Morgan fingerprint density at radius 1 is 1.15 bits per heavy atom. The van der Waals surface area contributed by atoms with Crippen LogP contribution in [0.1, 0.15) is 65.7 Å². The van der Waals surface area contributed by atoms with E-state index in [4.69, 9.17) is 0 Å². The maximum absolute atomic E-state index is 13.1. The summed E-state index contributed by atoms with van der Waals surface area (Å²) in [5.41, 5.74) is 0.158. The van der Waals surface area contributed by atoms with E-state index in [-0.39, 0.29) is 22.0 Å². The fourth-order valence-electron chi connectivity index (χ4n) is 4.12. The zero-order chi connectivity index (χ0) is 15.0. The van der Waals surface area contributed by atoms with Gasteiger partial charge in [-0.2, -0.15) is 0 Å². The fraction of sp³-hybridized carbons (Fsp3) is 1.00. The third-order valence-corrected chi connectivity index (χ3v) is 8.18. The summed E-state index contributed by atoms with van der Waals surface area (Å²) in [5.74, 6) is 0.563. The minimum absolute atomic E-state index is 0.0963. The molecule has 20 heavy (non-hydrogen) atoms. The highest BCUT2D eigenvalue weighted by Crippen LogP contribution is 2.41. The molecule has 0 aliphatic heterocycles. The second-order valence-corrected chi connectivity index (χ2v) is 10.3. The summed E-state index contributed by atoms with van der Waals surface area (Å²) in [7, 11) is -1.10. The van der Waals surface area contributed by atoms with Gasteiger partial charge >= 0.3 is 0 Å². The predicted octanol–water partition coefficient (Wildman–Crippen LogP) is 3.15. The first-order valence-electron chi connectivity index (χ1n) is 8.16. The molecule has 0 radical (unpaired) electrons. The van der Waals surface area contributed by atoms with Crippen LogP contribution in [0.3, 0.4) is 0 Å². The van der Waals surface area contributed by atoms with Crippen LogP contribution in [0.15, 0.2) is 0 Å². The van der Waals surface area contributed by atoms with E-state index in [1.807, 2.05) is 7.05 Å². The van der Waals surface area contributed by atoms with Gasteiger partial charge in [0, 0.05) is 6.04 Å². The molecule has 1 N–H and O–H groups in total. The van der Waals surface area contributed by atoms with Crippen LogP contribution in [-0.4, -0.2) is 32.0 Å². The van der Waals surface area contributed by atoms with Crippen molar-refractivity contribution < 1.29 is 8.42 Å². The van der Waals surface area contributed by atoms with Gasteiger partial charge < -0.3 is 5.32 Å². The molecule has 0 aromatic rings. The molecule has 118 valence electrons. The van der Waals surface area contributed by atoms with E-state index in [0.717, 1.165) is 38.5 Å². The zero-order valence-corrected chi connectivity index (χ0v) is 14.3. The largest absolute Gasteiger partial charge is 0.316 e. The summed E-state index contributed by atoms with van der Waals surface area (Å²) in [4.78, 5) is 0. The quantitative estimate of drug-likeness (QED) is 0.871. The van der Waals surface area contributed by atoms with Crippen LogP contribution in [0.5, 0.6) is 0 Å². The average Bonchev–Trinajstić information content (AvgIpc) is 2.38. The Labute approximate surface area is 124 Å². The standard InChI is InChI=1S/C16H31NO2S/c1-12-6-5-7-13(10-12)20(18,19)15-11-16(2,3)9-8-14(15)17-4/h12-15,17H,5-11H2,1-4H3. The van der Waals surface area contributed by atoms with Crippen molar-refractivity contribution in [3.8, 4) is 0 Å². The van der Waals surface area contributed by atoms with Crippen molar-refractivity contribution in [2.24, 2.45) is 11.3 Å². The van der Waals surface area contributed by atoms with Gasteiger partial charge in [0.2, 0.25) is 0 Å². The van der Waals surface area contributed by atoms with Crippen molar-refractivity contribution in [1.29, 1.82) is 0 Å². The SMILES string of the molecule is CNC1CCC(C)(C)CC1S(=O)(=O)C1CCCC(C)C1. The third kappa shape index (κ3) is 3.38. The Bertz CT molecular complexity index is 430. The Hall–Kier alpha value is -0.0900. The molecule has 2 aliphatic rings. The van der Waals surface area contributed by atoms with Crippen molar-refractivity contribution in [1.82, 2.24) is 5.32 Å². The average molecular weight is 301 g/mol. The Morgan fingerprint density at radius 2 is 1.85 bits per heavy atom. The summed E-state index contributed by atoms with van der Waals surface area (Å²) in [6, 6.07) is 0.144. The Kier molecular flexibility index (Phi) is 4.85. The minimum atomic E-state index is -3.01. The van der Waals surface area contributed by atoms with Crippen LogP contribution in [0, 0.1) is 11.3 Å². The van der Waals surface area contributed by atoms with Crippen molar-refractivity contribution in [3.63, 3.8) is 0 Å². The summed E-state index contributed by atoms with van der Waals surface area (Å²) in [6.45, 7) is 6.62. The Morgan fingerprint density at radius 3 is 2.45 bits per heavy atom. The van der Waals surface area contributed by atoms with Gasteiger partial charge in [-0.15, -0.1) is 0 Å². The van der Waals surface area contributed by atoms with E-state index in [9.17, 15) is 8.42 Å². The molecule has 0 bridgehead atoms. The van der Waals surface area contributed by atoms with Gasteiger partial charge in [0.1, 0.15) is 0 Å². The third-order valence-electron chi connectivity index (χ3n) is 5.48. The molecule has 4 heteroatoms. The second kappa shape index (κ2) is 5.96. The maximum atomic E-state index is 13.1. The monoisotopic (exact) mass is 301 g/mol. The van der Waals surface area contributed by atoms with E-state index < -0.39 is 9.84 Å². The summed E-state index contributed by atoms with van der Waals surface area (Å²) < 4.78 is 26.2. The van der Waals surface area contributed by atoms with E-state index >= 15 is 0 Å². The predicted molar refractivity (Wildman–Crippen MR) is 84.6 cm³/mol. The summed E-state index contributed by atoms with van der Waals surface area (Å²) >= 11 is 0. The molecule has 4 atom stereocenters. The van der Waals surface area contributed by atoms with E-state index in [1.165, 1.54) is 6.42 Å². The highest BCUT2D eigenvalue weighted by Gasteiger charge is 2.45. The van der Waals surface area contributed by atoms with Gasteiger partial charge in [-0.25, -0.2) is 8.42 Å². The molecule has 4 unspecified atom stereocenters. The van der Waals surface area contributed by atoms with Crippen LogP contribution >= 0.6 is 0 Å². The number of nitrogens with one attached hydrogen (secondary N) is 1. The molecule has 2 saturated carbocycles. The molecular formula is C16H31NO2S. The molecule has 0 aromatic carbocycles. The van der Waals surface area contributed by atoms with Gasteiger partial charge in [-0.3, -0.25) is 0 Å². The van der Waals surface area contributed by atoms with E-state index in [1.54, 1.807) is 0 Å². The molecule has 0 amide bonds. The molecule has 3 nitrogen and oxygen atoms in total. The smallest absolute Gasteiger partial charge is 0.157 e. The lowest BCUT2D eigenvalue weighted by molar-refractivity contribution is 0.212. The van der Waals surface area contributed by atoms with Crippen molar-refractivity contribution >= 4 is 9.84 Å². The van der Waals surface area contributed by atoms with Gasteiger partial charge in [-0.1, -0.05) is 33.6 Å². The molecule has 0 spiro atoms. The molecule has 2 fully saturated rings. The normalized spacial score (nSPS) is 38.6. The van der Waals surface area contributed by atoms with Crippen molar-refractivity contribution in [2.75, 3.05) is 7.05 Å². The van der Waals surface area contributed by atoms with Crippen molar-refractivity contribution in [3.05, 3.63) is 0 Å². The topological polar surface area (TPSA) is 46.2 Å². The molecular weight excluding hydrogens is 270 g/mol. The van der Waals surface area contributed by atoms with E-state index in [0.29, 0.717) is 5.92 Å². The van der Waals surface area contributed by atoms with E-state index in [2.05, 4.69) is 26.1 Å². The molecule has 2 aliphatic carbocycles. The summed E-state index contributed by atoms with van der Waals surface area (Å²) in [6.07, 6.45) is 6.92. The first-order chi connectivity index (χ1) is 9.26. The van der Waals surface area contributed by atoms with Gasteiger partial charge in [0.25, 0.3) is 0 Å².